The van der Waals surface area contributed by atoms with E-state index < -0.39 is 0 Å². The zero-order valence-electron chi connectivity index (χ0n) is 16.9. The number of H-pyrrole nitrogens is 1. The molecule has 2 heterocycles. The molecule has 0 saturated heterocycles. The van der Waals surface area contributed by atoms with Crippen LogP contribution in [0.2, 0.25) is 0 Å². The number of rotatable bonds is 8. The van der Waals surface area contributed by atoms with Gasteiger partial charge in [0.2, 0.25) is 0 Å². The fourth-order valence-electron chi connectivity index (χ4n) is 3.56. The second-order valence-electron chi connectivity index (χ2n) is 7.62. The van der Waals surface area contributed by atoms with Crippen molar-refractivity contribution >= 4 is 21.8 Å². The van der Waals surface area contributed by atoms with Gasteiger partial charge in [0.1, 0.15) is 5.82 Å². The lowest BCUT2D eigenvalue weighted by molar-refractivity contribution is 0.406. The summed E-state index contributed by atoms with van der Waals surface area (Å²) in [5.41, 5.74) is 5.08. The minimum Gasteiger partial charge on any atom is -0.387 e. The molecule has 2 N–H and O–H groups in total. The summed E-state index contributed by atoms with van der Waals surface area (Å²) in [6, 6.07) is 11.2. The molecule has 0 aliphatic heterocycles. The van der Waals surface area contributed by atoms with Crippen LogP contribution in [0.3, 0.4) is 0 Å². The van der Waals surface area contributed by atoms with E-state index in [1.54, 1.807) is 0 Å². The normalized spacial score (nSPS) is 11.6. The zero-order valence-corrected chi connectivity index (χ0v) is 16.9. The number of halogens is 1. The Hall–Kier alpha value is -3.12. The monoisotopic (exact) mass is 395 g/mol. The number of benzene rings is 2. The van der Waals surface area contributed by atoms with E-state index in [4.69, 9.17) is 0 Å². The van der Waals surface area contributed by atoms with E-state index in [9.17, 15) is 4.39 Å². The molecule has 6 heteroatoms. The highest BCUT2D eigenvalue weighted by molar-refractivity contribution is 5.97. The van der Waals surface area contributed by atoms with Gasteiger partial charge in [0, 0.05) is 62.7 Å². The van der Waals surface area contributed by atoms with Crippen molar-refractivity contribution in [1.29, 1.82) is 0 Å². The van der Waals surface area contributed by atoms with E-state index in [0.717, 1.165) is 64.7 Å². The van der Waals surface area contributed by atoms with Crippen molar-refractivity contribution in [3.8, 4) is 11.1 Å². The largest absolute Gasteiger partial charge is 0.387 e. The first-order valence-electron chi connectivity index (χ1n) is 9.80. The molecule has 154 valence electrons. The van der Waals surface area contributed by atoms with E-state index in [1.807, 2.05) is 23.1 Å². The van der Waals surface area contributed by atoms with Gasteiger partial charge in [-0.2, -0.15) is 5.10 Å². The number of nitrogens with zero attached hydrogens (tertiary/aromatic N) is 3. The highest BCUT2D eigenvalue weighted by Gasteiger charge is 2.10. The molecule has 4 aromatic rings. The van der Waals surface area contributed by atoms with E-state index in [0.29, 0.717) is 0 Å². The Morgan fingerprint density at radius 3 is 2.97 bits per heavy atom. The molecule has 0 amide bonds. The summed E-state index contributed by atoms with van der Waals surface area (Å²) in [7, 11) is 4.12. The second-order valence-corrected chi connectivity index (χ2v) is 7.62. The quantitative estimate of drug-likeness (QED) is 0.447. The lowest BCUT2D eigenvalue weighted by atomic mass is 10.0. The molecule has 0 spiro atoms. The number of allylic oxidation sites excluding steroid dienone is 1. The molecule has 5 nitrogen and oxygen atoms in total. The summed E-state index contributed by atoms with van der Waals surface area (Å²) in [6.07, 6.45) is 4.66. The average Bonchev–Trinajstić information content (AvgIpc) is 3.29. The van der Waals surface area contributed by atoms with Gasteiger partial charge in [-0.15, -0.1) is 0 Å². The molecule has 0 fully saturated rings. The van der Waals surface area contributed by atoms with Crippen LogP contribution >= 0.6 is 0 Å². The number of aromatic amines is 1. The summed E-state index contributed by atoms with van der Waals surface area (Å²) in [4.78, 5) is 5.30. The summed E-state index contributed by atoms with van der Waals surface area (Å²) in [5.74, 6) is -0.236. The van der Waals surface area contributed by atoms with E-state index >= 15 is 0 Å². The van der Waals surface area contributed by atoms with Crippen molar-refractivity contribution < 1.29 is 7.24 Å². The maximum atomic E-state index is 13.4. The van der Waals surface area contributed by atoms with Gasteiger partial charge >= 0.3 is 0 Å². The first kappa shape index (κ1) is 19.2. The van der Waals surface area contributed by atoms with Crippen LogP contribution in [0.15, 0.2) is 61.1 Å². The molecule has 0 radical (unpaired) electrons. The molecule has 2 aromatic carbocycles. The van der Waals surface area contributed by atoms with Gasteiger partial charge < -0.3 is 15.2 Å². The zero-order chi connectivity index (χ0) is 20.4. The van der Waals surface area contributed by atoms with Crippen molar-refractivity contribution in [3.63, 3.8) is 0 Å². The Kier molecular flexibility index (Phi) is 5.36. The third-order valence-corrected chi connectivity index (χ3v) is 5.16. The molecular weight excluding hydrogens is 365 g/mol. The van der Waals surface area contributed by atoms with Gasteiger partial charge in [-0.25, -0.2) is 4.39 Å². The Balaban J connectivity index is 0.00000171. The van der Waals surface area contributed by atoms with Gasteiger partial charge in [-0.1, -0.05) is 12.6 Å². The predicted octanol–water partition coefficient (Wildman–Crippen LogP) is 4.87. The minimum atomic E-state index is -0.236. The molecule has 29 heavy (non-hydrogen) atoms. The van der Waals surface area contributed by atoms with Crippen molar-refractivity contribution in [2.75, 3.05) is 27.2 Å². The number of hydrogen-bond acceptors (Lipinski definition) is 3. The Morgan fingerprint density at radius 1 is 1.28 bits per heavy atom. The standard InChI is InChI=1S/C23H26FN5.2H2/c1-16(25-9-11-28(2)3)8-10-29-23-7-4-17(12-18(23)14-27-29)21-15-26-22-13-19(24)5-6-20(21)22;;/h4-7,12-15,25-26H,1,8-11H2,2-3H3;2*1H. The molecular formula is C23H30FN5. The van der Waals surface area contributed by atoms with Crippen molar-refractivity contribution in [2.45, 2.75) is 13.0 Å². The van der Waals surface area contributed by atoms with Gasteiger partial charge in [0.25, 0.3) is 0 Å². The first-order valence-corrected chi connectivity index (χ1v) is 9.80. The van der Waals surface area contributed by atoms with Crippen LogP contribution in [0.5, 0.6) is 0 Å². The summed E-state index contributed by atoms with van der Waals surface area (Å²) >= 11 is 0. The SMILES string of the molecule is C=C(CCn1ncc2cc(-c3c[nH]c4cc(F)ccc34)ccc21)NCCN(C)C.[HH].[HH]. The number of nitrogens with one attached hydrogen (secondary N) is 2. The lowest BCUT2D eigenvalue weighted by Crippen LogP contribution is -2.26. The Bertz CT molecular complexity index is 1170. The fraction of sp³-hybridized carbons (Fsp3) is 0.261. The van der Waals surface area contributed by atoms with Crippen LogP contribution in [-0.2, 0) is 6.54 Å². The number of likely N-dealkylation sites (N-methyl/N-ethyl adjacent to an activating group) is 1. The summed E-state index contributed by atoms with van der Waals surface area (Å²) < 4.78 is 15.5. The van der Waals surface area contributed by atoms with Gasteiger partial charge in [0.05, 0.1) is 11.7 Å². The van der Waals surface area contributed by atoms with Gasteiger partial charge in [0.15, 0.2) is 0 Å². The maximum absolute atomic E-state index is 13.4. The average molecular weight is 396 g/mol. The lowest BCUT2D eigenvalue weighted by Gasteiger charge is -2.13. The maximum Gasteiger partial charge on any atom is 0.125 e. The van der Waals surface area contributed by atoms with Crippen LogP contribution in [0.1, 0.15) is 9.27 Å². The summed E-state index contributed by atoms with van der Waals surface area (Å²) in [6.45, 7) is 6.77. The smallest absolute Gasteiger partial charge is 0.125 e. The second kappa shape index (κ2) is 8.09. The van der Waals surface area contributed by atoms with Crippen molar-refractivity contribution in [1.82, 2.24) is 25.0 Å². The van der Waals surface area contributed by atoms with Crippen molar-refractivity contribution in [2.24, 2.45) is 0 Å². The Morgan fingerprint density at radius 2 is 2.14 bits per heavy atom. The highest BCUT2D eigenvalue weighted by Crippen LogP contribution is 2.31. The van der Waals surface area contributed by atoms with E-state index in [1.165, 1.54) is 12.1 Å². The van der Waals surface area contributed by atoms with Gasteiger partial charge in [-0.3, -0.25) is 4.68 Å². The molecule has 0 atom stereocenters. The van der Waals surface area contributed by atoms with Crippen LogP contribution < -0.4 is 5.32 Å². The van der Waals surface area contributed by atoms with E-state index in [2.05, 4.69) is 59.2 Å². The Labute approximate surface area is 172 Å². The van der Waals surface area contributed by atoms with Crippen molar-refractivity contribution in [3.05, 3.63) is 66.9 Å². The minimum absolute atomic E-state index is 0. The third-order valence-electron chi connectivity index (χ3n) is 5.16. The predicted molar refractivity (Wildman–Crippen MR) is 122 cm³/mol. The van der Waals surface area contributed by atoms with Crippen LogP contribution in [-0.4, -0.2) is 46.8 Å². The van der Waals surface area contributed by atoms with Crippen LogP contribution in [0, 0.1) is 5.82 Å². The number of fused-ring (bicyclic) bond motifs is 2. The molecule has 0 bridgehead atoms. The molecule has 0 aliphatic carbocycles. The molecule has 0 unspecified atom stereocenters. The first-order chi connectivity index (χ1) is 14.0. The number of aromatic nitrogens is 3. The molecule has 0 aliphatic rings. The fourth-order valence-corrected chi connectivity index (χ4v) is 3.56. The van der Waals surface area contributed by atoms with Crippen LogP contribution in [0.25, 0.3) is 32.9 Å². The van der Waals surface area contributed by atoms with Gasteiger partial charge in [-0.05, 0) is 50.0 Å². The molecule has 4 rings (SSSR count). The van der Waals surface area contributed by atoms with E-state index in [-0.39, 0.29) is 8.67 Å². The summed E-state index contributed by atoms with van der Waals surface area (Å²) in [5, 5.41) is 10.0. The van der Waals surface area contributed by atoms with Crippen LogP contribution in [0.4, 0.5) is 4.39 Å². The topological polar surface area (TPSA) is 48.9 Å². The third kappa shape index (κ3) is 4.17. The number of hydrogen-bond donors (Lipinski definition) is 2. The molecule has 2 aromatic heterocycles. The highest BCUT2D eigenvalue weighted by atomic mass is 19.1. The molecule has 0 saturated carbocycles. The number of aryl methyl sites for hydroxylation is 1.